The quantitative estimate of drug-likeness (QED) is 0.812. The first kappa shape index (κ1) is 10.6. The van der Waals surface area contributed by atoms with Crippen molar-refractivity contribution >= 4 is 11.7 Å². The van der Waals surface area contributed by atoms with Crippen molar-refractivity contribution < 1.29 is 4.79 Å². The summed E-state index contributed by atoms with van der Waals surface area (Å²) < 4.78 is 0. The fraction of sp³-hybridized carbons (Fsp3) is 0.455. The number of aromatic nitrogens is 2. The lowest BCUT2D eigenvalue weighted by molar-refractivity contribution is -0.122. The van der Waals surface area contributed by atoms with E-state index in [1.54, 1.807) is 0 Å². The van der Waals surface area contributed by atoms with E-state index in [0.29, 0.717) is 18.7 Å². The van der Waals surface area contributed by atoms with Crippen LogP contribution in [0.5, 0.6) is 0 Å². The molecule has 0 unspecified atom stereocenters. The first-order valence-electron chi connectivity index (χ1n) is 5.26. The largest absolute Gasteiger partial charge is 0.308 e. The van der Waals surface area contributed by atoms with Gasteiger partial charge in [0.25, 0.3) is 0 Å². The van der Waals surface area contributed by atoms with Gasteiger partial charge >= 0.3 is 0 Å². The van der Waals surface area contributed by atoms with Gasteiger partial charge in [-0.15, -0.1) is 0 Å². The molecule has 5 nitrogen and oxygen atoms in total. The molecular weight excluding hydrogens is 204 g/mol. The molecule has 1 aliphatic rings. The zero-order chi connectivity index (χ0) is 11.4. The molecule has 0 spiro atoms. The van der Waals surface area contributed by atoms with E-state index in [4.69, 9.17) is 5.26 Å². The van der Waals surface area contributed by atoms with E-state index in [1.165, 1.54) is 18.6 Å². The third kappa shape index (κ3) is 1.87. The molecule has 1 N–H and O–H groups in total. The Morgan fingerprint density at radius 1 is 1.44 bits per heavy atom. The predicted molar refractivity (Wildman–Crippen MR) is 57.2 cm³/mol. The van der Waals surface area contributed by atoms with Crippen LogP contribution >= 0.6 is 0 Å². The summed E-state index contributed by atoms with van der Waals surface area (Å²) >= 11 is 0. The summed E-state index contributed by atoms with van der Waals surface area (Å²) in [6.07, 6.45) is 7.64. The number of amides is 1. The van der Waals surface area contributed by atoms with Crippen LogP contribution < -0.4 is 5.32 Å². The average molecular weight is 216 g/mol. The second-order valence-corrected chi connectivity index (χ2v) is 3.95. The molecule has 82 valence electrons. The maximum Gasteiger partial charge on any atom is 0.246 e. The SMILES string of the molecule is N#CC1(C(=O)Nc2cnccn2)CCCC1. The summed E-state index contributed by atoms with van der Waals surface area (Å²) in [4.78, 5) is 19.8. The van der Waals surface area contributed by atoms with Gasteiger partial charge in [-0.25, -0.2) is 4.98 Å². The van der Waals surface area contributed by atoms with Crippen molar-refractivity contribution in [1.29, 1.82) is 5.26 Å². The van der Waals surface area contributed by atoms with Gasteiger partial charge < -0.3 is 5.32 Å². The summed E-state index contributed by atoms with van der Waals surface area (Å²) in [6.45, 7) is 0. The summed E-state index contributed by atoms with van der Waals surface area (Å²) in [5, 5.41) is 11.8. The Balaban J connectivity index is 2.11. The first-order valence-corrected chi connectivity index (χ1v) is 5.26. The molecule has 0 atom stereocenters. The third-order valence-corrected chi connectivity index (χ3v) is 2.91. The smallest absolute Gasteiger partial charge is 0.246 e. The highest BCUT2D eigenvalue weighted by atomic mass is 16.2. The molecule has 1 aromatic rings. The van der Waals surface area contributed by atoms with Crippen molar-refractivity contribution in [3.63, 3.8) is 0 Å². The van der Waals surface area contributed by atoms with Crippen molar-refractivity contribution in [3.05, 3.63) is 18.6 Å². The molecule has 0 aromatic carbocycles. The molecule has 5 heteroatoms. The summed E-state index contributed by atoms with van der Waals surface area (Å²) in [7, 11) is 0. The van der Waals surface area contributed by atoms with Crippen LogP contribution in [-0.4, -0.2) is 15.9 Å². The molecule has 0 bridgehead atoms. The minimum Gasteiger partial charge on any atom is -0.308 e. The van der Waals surface area contributed by atoms with Crippen molar-refractivity contribution in [2.24, 2.45) is 5.41 Å². The molecular formula is C11H12N4O. The second-order valence-electron chi connectivity index (χ2n) is 3.95. The number of anilines is 1. The van der Waals surface area contributed by atoms with E-state index in [-0.39, 0.29) is 5.91 Å². The highest BCUT2D eigenvalue weighted by Crippen LogP contribution is 2.38. The number of hydrogen-bond donors (Lipinski definition) is 1. The minimum absolute atomic E-state index is 0.256. The van der Waals surface area contributed by atoms with Gasteiger partial charge in [-0.05, 0) is 12.8 Å². The lowest BCUT2D eigenvalue weighted by Gasteiger charge is -2.18. The molecule has 1 heterocycles. The minimum atomic E-state index is -0.864. The molecule has 1 fully saturated rings. The molecule has 2 rings (SSSR count). The molecule has 1 amide bonds. The maximum atomic E-state index is 12.0. The van der Waals surface area contributed by atoms with E-state index >= 15 is 0 Å². The van der Waals surface area contributed by atoms with Crippen LogP contribution in [0.2, 0.25) is 0 Å². The van der Waals surface area contributed by atoms with Crippen molar-refractivity contribution in [1.82, 2.24) is 9.97 Å². The molecule has 1 aliphatic carbocycles. The molecule has 0 saturated heterocycles. The number of hydrogen-bond acceptors (Lipinski definition) is 4. The third-order valence-electron chi connectivity index (χ3n) is 2.91. The van der Waals surface area contributed by atoms with Crippen LogP contribution in [0.4, 0.5) is 5.82 Å². The van der Waals surface area contributed by atoms with E-state index in [0.717, 1.165) is 12.8 Å². The summed E-state index contributed by atoms with van der Waals surface area (Å²) in [5.41, 5.74) is -0.864. The van der Waals surface area contributed by atoms with Crippen LogP contribution in [0.15, 0.2) is 18.6 Å². The van der Waals surface area contributed by atoms with Gasteiger partial charge in [0.05, 0.1) is 12.3 Å². The van der Waals surface area contributed by atoms with Gasteiger partial charge in [0.1, 0.15) is 5.41 Å². The fourth-order valence-electron chi connectivity index (χ4n) is 1.97. The van der Waals surface area contributed by atoms with Crippen LogP contribution in [-0.2, 0) is 4.79 Å². The first-order chi connectivity index (χ1) is 7.77. The van der Waals surface area contributed by atoms with Gasteiger partial charge in [-0.2, -0.15) is 5.26 Å². The van der Waals surface area contributed by atoms with E-state index in [1.807, 2.05) is 0 Å². The topological polar surface area (TPSA) is 78.7 Å². The van der Waals surface area contributed by atoms with Crippen molar-refractivity contribution in [2.75, 3.05) is 5.32 Å². The zero-order valence-corrected chi connectivity index (χ0v) is 8.81. The number of nitriles is 1. The average Bonchev–Trinajstić information content (AvgIpc) is 2.80. The Hall–Kier alpha value is -1.96. The number of nitrogens with one attached hydrogen (secondary N) is 1. The Morgan fingerprint density at radius 3 is 2.75 bits per heavy atom. The van der Waals surface area contributed by atoms with Crippen LogP contribution in [0.1, 0.15) is 25.7 Å². The van der Waals surface area contributed by atoms with Crippen LogP contribution in [0, 0.1) is 16.7 Å². The lowest BCUT2D eigenvalue weighted by atomic mass is 9.87. The molecule has 1 aromatic heterocycles. The monoisotopic (exact) mass is 216 g/mol. The van der Waals surface area contributed by atoms with Crippen LogP contribution in [0.3, 0.4) is 0 Å². The van der Waals surface area contributed by atoms with E-state index in [2.05, 4.69) is 21.4 Å². The van der Waals surface area contributed by atoms with Gasteiger partial charge in [-0.1, -0.05) is 12.8 Å². The van der Waals surface area contributed by atoms with Gasteiger partial charge in [-0.3, -0.25) is 9.78 Å². The maximum absolute atomic E-state index is 12.0. The Labute approximate surface area is 93.5 Å². The van der Waals surface area contributed by atoms with Crippen molar-refractivity contribution in [2.45, 2.75) is 25.7 Å². The van der Waals surface area contributed by atoms with Gasteiger partial charge in [0, 0.05) is 12.4 Å². The standard InChI is InChI=1S/C11H12N4O/c12-8-11(3-1-2-4-11)10(16)15-9-7-13-5-6-14-9/h5-7H,1-4H2,(H,14,15,16). The molecule has 1 saturated carbocycles. The Bertz CT molecular complexity index is 417. The summed E-state index contributed by atoms with van der Waals surface area (Å²) in [6, 6.07) is 2.14. The van der Waals surface area contributed by atoms with Gasteiger partial charge in [0.2, 0.25) is 5.91 Å². The fourth-order valence-corrected chi connectivity index (χ4v) is 1.97. The molecule has 0 aliphatic heterocycles. The van der Waals surface area contributed by atoms with Gasteiger partial charge in [0.15, 0.2) is 5.82 Å². The highest BCUT2D eigenvalue weighted by molar-refractivity contribution is 5.96. The van der Waals surface area contributed by atoms with Crippen molar-refractivity contribution in [3.8, 4) is 6.07 Å². The second kappa shape index (κ2) is 4.27. The highest BCUT2D eigenvalue weighted by Gasteiger charge is 2.41. The van der Waals surface area contributed by atoms with E-state index in [9.17, 15) is 4.79 Å². The number of rotatable bonds is 2. The van der Waals surface area contributed by atoms with Crippen LogP contribution in [0.25, 0.3) is 0 Å². The summed E-state index contributed by atoms with van der Waals surface area (Å²) in [5.74, 6) is 0.141. The Kier molecular flexibility index (Phi) is 2.82. The number of nitrogens with zero attached hydrogens (tertiary/aromatic N) is 3. The molecule has 16 heavy (non-hydrogen) atoms. The number of carbonyl (C=O) groups excluding carboxylic acids is 1. The lowest BCUT2D eigenvalue weighted by Crippen LogP contribution is -2.32. The normalized spacial score (nSPS) is 17.7. The Morgan fingerprint density at radius 2 is 2.19 bits per heavy atom. The van der Waals surface area contributed by atoms with E-state index < -0.39 is 5.41 Å². The molecule has 0 radical (unpaired) electrons. The predicted octanol–water partition coefficient (Wildman–Crippen LogP) is 1.50. The zero-order valence-electron chi connectivity index (χ0n) is 8.81. The number of carbonyl (C=O) groups is 1.